The first-order valence-corrected chi connectivity index (χ1v) is 11.9. The highest BCUT2D eigenvalue weighted by molar-refractivity contribution is 7.91. The predicted octanol–water partition coefficient (Wildman–Crippen LogP) is 5.22. The number of benzene rings is 2. The minimum Gasteiger partial charge on any atom is -0.481 e. The second-order valence-electron chi connectivity index (χ2n) is 8.52. The van der Waals surface area contributed by atoms with Crippen LogP contribution in [0.25, 0.3) is 0 Å². The number of carbonyl (C=O) groups excluding carboxylic acids is 1. The number of carboxylic acid groups (broad SMARTS) is 1. The first kappa shape index (κ1) is 27.5. The van der Waals surface area contributed by atoms with E-state index >= 15 is 0 Å². The van der Waals surface area contributed by atoms with Crippen molar-refractivity contribution < 1.29 is 41.0 Å². The third-order valence-corrected chi connectivity index (χ3v) is 6.40. The van der Waals surface area contributed by atoms with Crippen molar-refractivity contribution in [1.29, 1.82) is 0 Å². The van der Waals surface area contributed by atoms with Crippen molar-refractivity contribution in [3.05, 3.63) is 52.5 Å². The molecule has 12 heteroatoms. The zero-order valence-electron chi connectivity index (χ0n) is 18.5. The molecule has 1 amide bonds. The summed E-state index contributed by atoms with van der Waals surface area (Å²) in [5.41, 5.74) is -0.690. The Morgan fingerprint density at radius 3 is 2.32 bits per heavy atom. The zero-order chi connectivity index (χ0) is 25.9. The highest BCUT2D eigenvalue weighted by atomic mass is 35.5. The van der Waals surface area contributed by atoms with Gasteiger partial charge in [-0.2, -0.15) is 8.78 Å². The van der Waals surface area contributed by atoms with Crippen LogP contribution in [0.2, 0.25) is 5.02 Å². The van der Waals surface area contributed by atoms with Crippen LogP contribution in [0.4, 0.5) is 18.9 Å². The number of carboxylic acids is 1. The van der Waals surface area contributed by atoms with Gasteiger partial charge in [-0.15, -0.1) is 0 Å². The normalized spacial score (nSPS) is 12.3. The summed E-state index contributed by atoms with van der Waals surface area (Å²) in [7, 11) is -5.29. The van der Waals surface area contributed by atoms with Crippen LogP contribution in [-0.4, -0.2) is 37.3 Å². The number of carbonyl (C=O) groups is 2. The van der Waals surface area contributed by atoms with Crippen molar-refractivity contribution >= 4 is 39.0 Å². The van der Waals surface area contributed by atoms with E-state index in [1.54, 1.807) is 20.8 Å². The lowest BCUT2D eigenvalue weighted by Crippen LogP contribution is -2.32. The van der Waals surface area contributed by atoms with Crippen molar-refractivity contribution in [2.45, 2.75) is 38.2 Å². The Bertz CT molecular complexity index is 1200. The molecule has 0 atom stereocenters. The average Bonchev–Trinajstić information content (AvgIpc) is 2.67. The smallest absolute Gasteiger partial charge is 0.373 e. The molecule has 2 N–H and O–H groups in total. The quantitative estimate of drug-likeness (QED) is 0.468. The Hall–Kier alpha value is -2.79. The minimum atomic E-state index is -5.29. The van der Waals surface area contributed by atoms with E-state index in [0.29, 0.717) is 0 Å². The first-order valence-electron chi connectivity index (χ1n) is 9.83. The van der Waals surface area contributed by atoms with Gasteiger partial charge < -0.3 is 15.2 Å². The molecule has 0 radical (unpaired) electrons. The monoisotopic (exact) mass is 521 g/mol. The van der Waals surface area contributed by atoms with E-state index in [1.807, 2.05) is 0 Å². The van der Waals surface area contributed by atoms with Crippen molar-refractivity contribution in [1.82, 2.24) is 0 Å². The Morgan fingerprint density at radius 1 is 1.12 bits per heavy atom. The van der Waals surface area contributed by atoms with Crippen LogP contribution < -0.4 is 10.1 Å². The number of sulfone groups is 1. The van der Waals surface area contributed by atoms with E-state index in [9.17, 15) is 31.2 Å². The minimum absolute atomic E-state index is 0.0196. The highest BCUT2D eigenvalue weighted by Gasteiger charge is 2.45. The summed E-state index contributed by atoms with van der Waals surface area (Å²) >= 11 is 5.99. The Labute approximate surface area is 199 Å². The fourth-order valence-electron chi connectivity index (χ4n) is 2.66. The van der Waals surface area contributed by atoms with Crippen molar-refractivity contribution in [3.63, 3.8) is 0 Å². The van der Waals surface area contributed by atoms with Gasteiger partial charge in [0.2, 0.25) is 15.7 Å². The fourth-order valence-corrected chi connectivity index (χ4v) is 3.93. The molecule has 0 aliphatic heterocycles. The molecule has 0 aromatic heterocycles. The number of hydrogen-bond acceptors (Lipinski definition) is 5. The van der Waals surface area contributed by atoms with E-state index < -0.39 is 44.8 Å². The number of ether oxygens (including phenoxy) is 1. The Balaban J connectivity index is 2.51. The molecule has 0 aliphatic carbocycles. The molecule has 2 rings (SSSR count). The van der Waals surface area contributed by atoms with Crippen molar-refractivity contribution in [3.8, 4) is 11.5 Å². The molecule has 0 bridgehead atoms. The summed E-state index contributed by atoms with van der Waals surface area (Å²) in [6.45, 7) is 2.52. The molecular formula is C22H23ClF3NO6S. The number of nitrogens with one attached hydrogen (secondary N) is 1. The molecule has 34 heavy (non-hydrogen) atoms. The lowest BCUT2D eigenvalue weighted by molar-refractivity contribution is -0.136. The van der Waals surface area contributed by atoms with Crippen LogP contribution in [0.3, 0.4) is 0 Å². The van der Waals surface area contributed by atoms with Gasteiger partial charge in [0.1, 0.15) is 11.5 Å². The van der Waals surface area contributed by atoms with E-state index in [0.717, 1.165) is 6.07 Å². The lowest BCUT2D eigenvalue weighted by atomic mass is 9.95. The van der Waals surface area contributed by atoms with Gasteiger partial charge >= 0.3 is 11.2 Å². The predicted molar refractivity (Wildman–Crippen MR) is 121 cm³/mol. The molecule has 7 nitrogen and oxygen atoms in total. The molecule has 0 saturated heterocycles. The van der Waals surface area contributed by atoms with Gasteiger partial charge in [-0.3, -0.25) is 9.59 Å². The van der Waals surface area contributed by atoms with Gasteiger partial charge in [0, 0.05) is 21.7 Å². The summed E-state index contributed by atoms with van der Waals surface area (Å²) in [6.07, 6.45) is -0.376. The highest BCUT2D eigenvalue weighted by Crippen LogP contribution is 2.35. The van der Waals surface area contributed by atoms with Crippen LogP contribution in [0.5, 0.6) is 11.5 Å². The van der Waals surface area contributed by atoms with Crippen LogP contribution in [-0.2, 0) is 31.6 Å². The van der Waals surface area contributed by atoms with Gasteiger partial charge in [-0.05, 0) is 42.0 Å². The summed E-state index contributed by atoms with van der Waals surface area (Å²) in [4.78, 5) is 23.3. The number of hydrogen-bond donors (Lipinski definition) is 2. The molecule has 0 unspecified atom stereocenters. The number of rotatable bonds is 9. The maximum Gasteiger partial charge on any atom is 0.373 e. The average molecular weight is 522 g/mol. The number of amides is 1. The van der Waals surface area contributed by atoms with Crippen LogP contribution in [0.1, 0.15) is 31.9 Å². The van der Waals surface area contributed by atoms with E-state index in [4.69, 9.17) is 21.4 Å². The number of halogens is 4. The van der Waals surface area contributed by atoms with E-state index in [1.165, 1.54) is 30.3 Å². The van der Waals surface area contributed by atoms with Gasteiger partial charge in [-0.1, -0.05) is 32.4 Å². The Morgan fingerprint density at radius 2 is 1.76 bits per heavy atom. The fraction of sp³-hybridized carbons (Fsp3) is 0.364. The molecule has 2 aromatic rings. The summed E-state index contributed by atoms with van der Waals surface area (Å²) in [6, 6.07) is 7.79. The third kappa shape index (κ3) is 7.10. The van der Waals surface area contributed by atoms with Crippen LogP contribution in [0.15, 0.2) is 36.4 Å². The molecule has 186 valence electrons. The van der Waals surface area contributed by atoms with Crippen LogP contribution in [0, 0.1) is 5.41 Å². The molecule has 0 saturated carbocycles. The molecule has 0 heterocycles. The second kappa shape index (κ2) is 10.2. The largest absolute Gasteiger partial charge is 0.481 e. The number of anilines is 1. The first-order chi connectivity index (χ1) is 15.5. The number of aliphatic carboxylic acids is 1. The van der Waals surface area contributed by atoms with Gasteiger partial charge in [-0.25, -0.2) is 12.8 Å². The van der Waals surface area contributed by atoms with Gasteiger partial charge in [0.05, 0.1) is 12.2 Å². The lowest BCUT2D eigenvalue weighted by Gasteiger charge is -2.20. The molecule has 0 fully saturated rings. The van der Waals surface area contributed by atoms with Crippen molar-refractivity contribution in [2.24, 2.45) is 5.41 Å². The van der Waals surface area contributed by atoms with E-state index in [2.05, 4.69) is 5.32 Å². The van der Waals surface area contributed by atoms with Crippen LogP contribution >= 0.6 is 11.6 Å². The Kier molecular flexibility index (Phi) is 8.26. The van der Waals surface area contributed by atoms with Crippen molar-refractivity contribution in [2.75, 3.05) is 12.0 Å². The summed E-state index contributed by atoms with van der Waals surface area (Å²) in [5, 5.41) is 7.04. The maximum atomic E-state index is 13.7. The molecule has 2 aromatic carbocycles. The SMILES string of the molecule is CC(C)(C)C(=O)Nc1ccc(Oc2cc(Cl)cc(CC(=O)O)c2)c(CS(=O)(=O)C(F)(F)CF)c1. The van der Waals surface area contributed by atoms with E-state index in [-0.39, 0.29) is 39.8 Å². The standard InChI is InChI=1S/C22H23ClF3NO6S/c1-21(2,3)20(30)27-16-4-5-18(14(9-16)11-34(31,32)22(25,26)12-24)33-17-7-13(8-19(28)29)6-15(23)10-17/h4-7,9-10H,8,11-12H2,1-3H3,(H,27,30)(H,28,29). The molecule has 0 spiro atoms. The second-order valence-corrected chi connectivity index (χ2v) is 11.1. The molecule has 0 aliphatic rings. The van der Waals surface area contributed by atoms with Gasteiger partial charge in [0.25, 0.3) is 0 Å². The maximum absolute atomic E-state index is 13.7. The topological polar surface area (TPSA) is 110 Å². The zero-order valence-corrected chi connectivity index (χ0v) is 20.1. The van der Waals surface area contributed by atoms with Gasteiger partial charge in [0.15, 0.2) is 6.67 Å². The molecular weight excluding hydrogens is 499 g/mol. The third-order valence-electron chi connectivity index (χ3n) is 4.47. The number of alkyl halides is 3. The summed E-state index contributed by atoms with van der Waals surface area (Å²) < 4.78 is 70.1. The summed E-state index contributed by atoms with van der Waals surface area (Å²) in [5.74, 6) is -3.01.